The quantitative estimate of drug-likeness (QED) is 0.529. The van der Waals surface area contributed by atoms with Gasteiger partial charge >= 0.3 is 0 Å². The average Bonchev–Trinajstić information content (AvgIpc) is 3.02. The van der Waals surface area contributed by atoms with Crippen LogP contribution in [0.4, 0.5) is 0 Å². The van der Waals surface area contributed by atoms with E-state index in [2.05, 4.69) is 34.3 Å². The van der Waals surface area contributed by atoms with E-state index in [4.69, 9.17) is 0 Å². The van der Waals surface area contributed by atoms with Gasteiger partial charge in [-0.3, -0.25) is 0 Å². The molecule has 3 N–H and O–H groups in total. The summed E-state index contributed by atoms with van der Waals surface area (Å²) in [6.45, 7) is 13.3. The van der Waals surface area contributed by atoms with Gasteiger partial charge in [-0.25, -0.2) is 0 Å². The van der Waals surface area contributed by atoms with Gasteiger partial charge in [0.2, 0.25) is 0 Å². The van der Waals surface area contributed by atoms with Gasteiger partial charge in [-0.15, -0.1) is 6.58 Å². The smallest absolute Gasteiger partial charge is 0.0602 e. The van der Waals surface area contributed by atoms with Crippen molar-refractivity contribution in [3.63, 3.8) is 0 Å². The number of hydrogen-bond donors (Lipinski definition) is 3. The van der Waals surface area contributed by atoms with Crippen molar-refractivity contribution < 1.29 is 15.3 Å². The van der Waals surface area contributed by atoms with Crippen molar-refractivity contribution in [1.82, 2.24) is 0 Å². The predicted molar refractivity (Wildman–Crippen MR) is 122 cm³/mol. The van der Waals surface area contributed by atoms with Crippen LogP contribution in [0.5, 0.6) is 0 Å². The lowest BCUT2D eigenvalue weighted by Crippen LogP contribution is -2.62. The molecule has 30 heavy (non-hydrogen) atoms. The monoisotopic (exact) mass is 418 g/mol. The van der Waals surface area contributed by atoms with Crippen LogP contribution in [0.2, 0.25) is 0 Å². The summed E-state index contributed by atoms with van der Waals surface area (Å²) in [4.78, 5) is 0. The van der Waals surface area contributed by atoms with E-state index in [-0.39, 0.29) is 29.1 Å². The zero-order valence-corrected chi connectivity index (χ0v) is 19.8. The molecule has 4 aliphatic carbocycles. The highest BCUT2D eigenvalue weighted by atomic mass is 16.3. The number of hydrogen-bond acceptors (Lipinski definition) is 3. The fourth-order valence-corrected chi connectivity index (χ4v) is 9.06. The van der Waals surface area contributed by atoms with E-state index in [0.717, 1.165) is 44.9 Å². The molecule has 4 fully saturated rings. The molecule has 4 saturated carbocycles. The summed E-state index contributed by atoms with van der Waals surface area (Å²) in [5, 5.41) is 33.2. The largest absolute Gasteiger partial charge is 0.393 e. The molecule has 172 valence electrons. The Morgan fingerprint density at radius 2 is 1.77 bits per heavy atom. The molecule has 0 unspecified atom stereocenters. The topological polar surface area (TPSA) is 60.7 Å². The Morgan fingerprint density at radius 1 is 1.03 bits per heavy atom. The highest BCUT2D eigenvalue weighted by Gasteiger charge is 2.65. The molecule has 0 amide bonds. The van der Waals surface area contributed by atoms with Gasteiger partial charge in [0.05, 0.1) is 18.3 Å². The van der Waals surface area contributed by atoms with Gasteiger partial charge in [0.15, 0.2) is 0 Å². The van der Waals surface area contributed by atoms with Crippen LogP contribution in [0.1, 0.15) is 91.9 Å². The highest BCUT2D eigenvalue weighted by molar-refractivity contribution is 5.14. The van der Waals surface area contributed by atoms with Crippen LogP contribution in [-0.4, -0.2) is 33.6 Å². The minimum Gasteiger partial charge on any atom is -0.393 e. The molecule has 0 aromatic carbocycles. The third-order valence-electron chi connectivity index (χ3n) is 10.8. The van der Waals surface area contributed by atoms with Crippen LogP contribution in [-0.2, 0) is 0 Å². The fourth-order valence-electron chi connectivity index (χ4n) is 9.06. The van der Waals surface area contributed by atoms with E-state index in [1.54, 1.807) is 0 Å². The molecule has 4 aliphatic rings. The highest BCUT2D eigenvalue weighted by Crippen LogP contribution is 2.68. The van der Waals surface area contributed by atoms with Crippen LogP contribution in [0, 0.1) is 46.3 Å². The van der Waals surface area contributed by atoms with Crippen LogP contribution in [0.3, 0.4) is 0 Å². The molecule has 3 heteroatoms. The third-order valence-corrected chi connectivity index (χ3v) is 10.8. The Bertz CT molecular complexity index is 646. The molecule has 0 aliphatic heterocycles. The molecular weight excluding hydrogens is 372 g/mol. The van der Waals surface area contributed by atoms with Crippen molar-refractivity contribution in [3.8, 4) is 0 Å². The normalized spacial score (nSPS) is 51.6. The predicted octanol–water partition coefficient (Wildman–Crippen LogP) is 5.33. The van der Waals surface area contributed by atoms with Crippen LogP contribution >= 0.6 is 0 Å². The standard InChI is InChI=1S/C27H46O3/c1-16(2)7-6-8-17(3)20-9-10-21-25-22(15-24(30)27(20,21)5)26(4)12-11-19(28)13-18(26)14-23(25)29/h17-25,28-30H,1,6-15H2,2-5H3/t17-,18+,19-,20-,21+,22+,23-,24+,25+,26+,27-/m1/s1. The lowest BCUT2D eigenvalue weighted by Gasteiger charge is -2.63. The molecule has 0 saturated heterocycles. The van der Waals surface area contributed by atoms with Crippen molar-refractivity contribution in [2.24, 2.45) is 46.3 Å². The molecule has 4 rings (SSSR count). The zero-order chi connectivity index (χ0) is 21.8. The Hall–Kier alpha value is -0.380. The fraction of sp³-hybridized carbons (Fsp3) is 0.926. The molecule has 3 nitrogen and oxygen atoms in total. The molecule has 0 radical (unpaired) electrons. The van der Waals surface area contributed by atoms with E-state index in [1.165, 1.54) is 24.8 Å². The maximum Gasteiger partial charge on any atom is 0.0602 e. The molecule has 0 heterocycles. The summed E-state index contributed by atoms with van der Waals surface area (Å²) in [6, 6.07) is 0. The summed E-state index contributed by atoms with van der Waals surface area (Å²) < 4.78 is 0. The number of rotatable bonds is 5. The van der Waals surface area contributed by atoms with Gasteiger partial charge in [0.25, 0.3) is 0 Å². The van der Waals surface area contributed by atoms with Crippen molar-refractivity contribution >= 4 is 0 Å². The summed E-state index contributed by atoms with van der Waals surface area (Å²) >= 11 is 0. The molecule has 0 bridgehead atoms. The maximum atomic E-state index is 11.6. The van der Waals surface area contributed by atoms with E-state index >= 15 is 0 Å². The Kier molecular flexibility index (Phi) is 6.23. The number of allylic oxidation sites excluding steroid dienone is 1. The van der Waals surface area contributed by atoms with Gasteiger partial charge in [-0.05, 0) is 111 Å². The third kappa shape index (κ3) is 3.52. The van der Waals surface area contributed by atoms with Gasteiger partial charge < -0.3 is 15.3 Å². The second-order valence-corrected chi connectivity index (χ2v) is 12.4. The lowest BCUT2D eigenvalue weighted by atomic mass is 9.43. The number of aliphatic hydroxyl groups is 3. The molecule has 0 spiro atoms. The van der Waals surface area contributed by atoms with Gasteiger partial charge in [-0.2, -0.15) is 0 Å². The first-order chi connectivity index (χ1) is 14.1. The summed E-state index contributed by atoms with van der Waals surface area (Å²) in [6.07, 6.45) is 9.56. The zero-order valence-electron chi connectivity index (χ0n) is 19.8. The van der Waals surface area contributed by atoms with E-state index < -0.39 is 0 Å². The van der Waals surface area contributed by atoms with Crippen LogP contribution in [0.15, 0.2) is 12.2 Å². The molecule has 0 aromatic rings. The molecule has 0 aromatic heterocycles. The van der Waals surface area contributed by atoms with Gasteiger partial charge in [0, 0.05) is 0 Å². The molecule has 11 atom stereocenters. The second kappa shape index (κ2) is 8.19. The summed E-state index contributed by atoms with van der Waals surface area (Å²) in [5.74, 6) is 2.70. The van der Waals surface area contributed by atoms with Crippen molar-refractivity contribution in [3.05, 3.63) is 12.2 Å². The molecular formula is C27H46O3. The SMILES string of the molecule is C=C(C)CCC[C@@H](C)[C@H]1CC[C@H]2[C@@H]3[C@H](O)C[C@@H]4C[C@H](O)CC[C@]4(C)[C@H]3C[C@H](O)[C@]12C. The van der Waals surface area contributed by atoms with Crippen LogP contribution < -0.4 is 0 Å². The number of fused-ring (bicyclic) bond motifs is 5. The first-order valence-electron chi connectivity index (χ1n) is 12.8. The first kappa shape index (κ1) is 22.8. The van der Waals surface area contributed by atoms with E-state index in [9.17, 15) is 15.3 Å². The van der Waals surface area contributed by atoms with Crippen molar-refractivity contribution in [2.75, 3.05) is 0 Å². The lowest BCUT2D eigenvalue weighted by molar-refractivity contribution is -0.207. The van der Waals surface area contributed by atoms with E-state index in [1.807, 2.05) is 0 Å². The second-order valence-electron chi connectivity index (χ2n) is 12.4. The summed E-state index contributed by atoms with van der Waals surface area (Å²) in [5.41, 5.74) is 1.36. The Morgan fingerprint density at radius 3 is 2.47 bits per heavy atom. The van der Waals surface area contributed by atoms with Crippen molar-refractivity contribution in [2.45, 2.75) is 110 Å². The minimum absolute atomic E-state index is 0.0673. The summed E-state index contributed by atoms with van der Waals surface area (Å²) in [7, 11) is 0. The maximum absolute atomic E-state index is 11.6. The Labute approximate surface area is 184 Å². The first-order valence-corrected chi connectivity index (χ1v) is 12.8. The Balaban J connectivity index is 1.56. The van der Waals surface area contributed by atoms with Gasteiger partial charge in [-0.1, -0.05) is 32.8 Å². The minimum atomic E-state index is -0.271. The van der Waals surface area contributed by atoms with Crippen LogP contribution in [0.25, 0.3) is 0 Å². The number of aliphatic hydroxyl groups excluding tert-OH is 3. The van der Waals surface area contributed by atoms with Gasteiger partial charge in [0.1, 0.15) is 0 Å². The van der Waals surface area contributed by atoms with Crippen molar-refractivity contribution in [1.29, 1.82) is 0 Å². The van der Waals surface area contributed by atoms with E-state index in [0.29, 0.717) is 35.5 Å². The average molecular weight is 419 g/mol.